The van der Waals surface area contributed by atoms with Crippen molar-refractivity contribution in [2.75, 3.05) is 6.61 Å². The number of hydrogen-bond donors (Lipinski definition) is 0. The highest BCUT2D eigenvalue weighted by Crippen LogP contribution is 2.67. The SMILES string of the molecule is CCOC(=O)OC1(C)CCC2C3CCC4=CC(=O)CCC4C3CCC21CC. The van der Waals surface area contributed by atoms with Gasteiger partial charge in [0, 0.05) is 11.8 Å². The molecular weight excluding hydrogens is 340 g/mol. The second-order valence-electron chi connectivity index (χ2n) is 9.41. The smallest absolute Gasteiger partial charge is 0.435 e. The highest BCUT2D eigenvalue weighted by atomic mass is 16.7. The molecule has 4 aliphatic carbocycles. The maximum Gasteiger partial charge on any atom is 0.508 e. The Balaban J connectivity index is 1.59. The van der Waals surface area contributed by atoms with Gasteiger partial charge in [0.2, 0.25) is 0 Å². The molecule has 0 bridgehead atoms. The zero-order chi connectivity index (χ0) is 19.2. The lowest BCUT2D eigenvalue weighted by Crippen LogP contribution is -2.54. The van der Waals surface area contributed by atoms with Gasteiger partial charge < -0.3 is 9.47 Å². The van der Waals surface area contributed by atoms with E-state index in [2.05, 4.69) is 13.8 Å². The van der Waals surface area contributed by atoms with Gasteiger partial charge in [-0.2, -0.15) is 0 Å². The zero-order valence-electron chi connectivity index (χ0n) is 17.1. The fourth-order valence-corrected chi connectivity index (χ4v) is 7.52. The molecule has 0 saturated heterocycles. The van der Waals surface area contributed by atoms with Crippen LogP contribution < -0.4 is 0 Å². The Kier molecular flexibility index (Phi) is 4.88. The maximum atomic E-state index is 12.2. The van der Waals surface area contributed by atoms with Gasteiger partial charge in [-0.3, -0.25) is 4.79 Å². The van der Waals surface area contributed by atoms with Crippen LogP contribution in [0, 0.1) is 29.1 Å². The Bertz CT molecular complexity index is 653. The van der Waals surface area contributed by atoms with Crippen molar-refractivity contribution in [1.29, 1.82) is 0 Å². The number of allylic oxidation sites excluding steroid dienone is 1. The van der Waals surface area contributed by atoms with Crippen LogP contribution in [-0.4, -0.2) is 24.1 Å². The molecule has 0 N–H and O–H groups in total. The van der Waals surface area contributed by atoms with Crippen molar-refractivity contribution in [1.82, 2.24) is 0 Å². The van der Waals surface area contributed by atoms with E-state index in [1.54, 1.807) is 0 Å². The molecule has 0 aliphatic heterocycles. The molecule has 0 aromatic rings. The van der Waals surface area contributed by atoms with Crippen LogP contribution in [0.3, 0.4) is 0 Å². The first-order valence-electron chi connectivity index (χ1n) is 11.0. The molecule has 6 atom stereocenters. The standard InChI is InChI=1S/C23H34O4/c1-4-23-13-10-18-17-9-7-16(24)14-15(17)6-8-19(18)20(23)11-12-22(23,3)27-21(25)26-5-2/h14,17-20H,4-13H2,1-3H3. The lowest BCUT2D eigenvalue weighted by Gasteiger charge is -2.56. The van der Waals surface area contributed by atoms with Crippen molar-refractivity contribution in [2.24, 2.45) is 29.1 Å². The van der Waals surface area contributed by atoms with Crippen molar-refractivity contribution in [3.05, 3.63) is 11.6 Å². The molecule has 4 heteroatoms. The molecule has 4 rings (SSSR count). The van der Waals surface area contributed by atoms with Crippen LogP contribution in [0.2, 0.25) is 0 Å². The number of carbonyl (C=O) groups excluding carboxylic acids is 2. The number of ketones is 1. The molecule has 3 saturated carbocycles. The Morgan fingerprint density at radius 1 is 1.11 bits per heavy atom. The molecule has 0 heterocycles. The summed E-state index contributed by atoms with van der Waals surface area (Å²) in [5.41, 5.74) is 1.09. The summed E-state index contributed by atoms with van der Waals surface area (Å²) in [6.07, 6.45) is 11.0. The largest absolute Gasteiger partial charge is 0.508 e. The first-order chi connectivity index (χ1) is 12.9. The summed E-state index contributed by atoms with van der Waals surface area (Å²) >= 11 is 0. The van der Waals surface area contributed by atoms with Gasteiger partial charge in [0.05, 0.1) is 6.61 Å². The fourth-order valence-electron chi connectivity index (χ4n) is 7.52. The topological polar surface area (TPSA) is 52.6 Å². The predicted octanol–water partition coefficient (Wildman–Crippen LogP) is 5.45. The van der Waals surface area contributed by atoms with E-state index < -0.39 is 11.8 Å². The quantitative estimate of drug-likeness (QED) is 0.616. The van der Waals surface area contributed by atoms with Crippen LogP contribution in [0.25, 0.3) is 0 Å². The van der Waals surface area contributed by atoms with Gasteiger partial charge in [0.25, 0.3) is 0 Å². The zero-order valence-corrected chi connectivity index (χ0v) is 17.1. The van der Waals surface area contributed by atoms with Gasteiger partial charge in [0.1, 0.15) is 5.60 Å². The normalized spacial score (nSPS) is 43.2. The minimum absolute atomic E-state index is 0.0760. The Labute approximate surface area is 163 Å². The van der Waals surface area contributed by atoms with E-state index in [1.807, 2.05) is 13.0 Å². The highest BCUT2D eigenvalue weighted by Gasteiger charge is 2.64. The summed E-state index contributed by atoms with van der Waals surface area (Å²) in [6.45, 7) is 6.61. The van der Waals surface area contributed by atoms with E-state index in [0.29, 0.717) is 36.1 Å². The van der Waals surface area contributed by atoms with Gasteiger partial charge >= 0.3 is 6.16 Å². The second-order valence-corrected chi connectivity index (χ2v) is 9.41. The molecule has 4 aliphatic rings. The van der Waals surface area contributed by atoms with Crippen LogP contribution in [0.1, 0.15) is 78.6 Å². The molecule has 4 nitrogen and oxygen atoms in total. The molecule has 3 fully saturated rings. The summed E-state index contributed by atoms with van der Waals surface area (Å²) in [4.78, 5) is 24.0. The van der Waals surface area contributed by atoms with Gasteiger partial charge in [-0.05, 0) is 95.0 Å². The van der Waals surface area contributed by atoms with Crippen molar-refractivity contribution >= 4 is 11.9 Å². The van der Waals surface area contributed by atoms with E-state index in [4.69, 9.17) is 9.47 Å². The van der Waals surface area contributed by atoms with E-state index in [1.165, 1.54) is 18.4 Å². The molecule has 0 spiro atoms. The summed E-state index contributed by atoms with van der Waals surface area (Å²) in [7, 11) is 0. The van der Waals surface area contributed by atoms with E-state index in [9.17, 15) is 9.59 Å². The van der Waals surface area contributed by atoms with E-state index in [0.717, 1.165) is 44.9 Å². The van der Waals surface area contributed by atoms with Crippen molar-refractivity contribution in [3.63, 3.8) is 0 Å². The van der Waals surface area contributed by atoms with Gasteiger partial charge in [-0.25, -0.2) is 4.79 Å². The summed E-state index contributed by atoms with van der Waals surface area (Å²) in [5.74, 6) is 3.00. The second kappa shape index (κ2) is 6.93. The lowest BCUT2D eigenvalue weighted by atomic mass is 9.49. The predicted molar refractivity (Wildman–Crippen MR) is 103 cm³/mol. The molecule has 0 aromatic carbocycles. The van der Waals surface area contributed by atoms with Crippen molar-refractivity contribution in [2.45, 2.75) is 84.2 Å². The molecule has 6 unspecified atom stereocenters. The summed E-state index contributed by atoms with van der Waals surface area (Å²) in [6, 6.07) is 0. The number of ether oxygens (including phenoxy) is 2. The van der Waals surface area contributed by atoms with Crippen molar-refractivity contribution in [3.8, 4) is 0 Å². The van der Waals surface area contributed by atoms with Crippen LogP contribution >= 0.6 is 0 Å². The Morgan fingerprint density at radius 2 is 1.93 bits per heavy atom. The van der Waals surface area contributed by atoms with Crippen LogP contribution in [0.5, 0.6) is 0 Å². The molecule has 0 aromatic heterocycles. The minimum Gasteiger partial charge on any atom is -0.435 e. The highest BCUT2D eigenvalue weighted by molar-refractivity contribution is 5.91. The van der Waals surface area contributed by atoms with E-state index in [-0.39, 0.29) is 5.41 Å². The number of carbonyl (C=O) groups is 2. The third-order valence-corrected chi connectivity index (χ3v) is 8.70. The average molecular weight is 375 g/mol. The van der Waals surface area contributed by atoms with Gasteiger partial charge in [-0.1, -0.05) is 12.5 Å². The minimum atomic E-state index is -0.504. The third-order valence-electron chi connectivity index (χ3n) is 8.70. The molecule has 27 heavy (non-hydrogen) atoms. The summed E-state index contributed by atoms with van der Waals surface area (Å²) < 4.78 is 11.1. The number of fused-ring (bicyclic) bond motifs is 5. The maximum absolute atomic E-state index is 12.2. The average Bonchev–Trinajstić information content (AvgIpc) is 2.94. The molecule has 150 valence electrons. The number of rotatable bonds is 3. The Morgan fingerprint density at radius 3 is 2.67 bits per heavy atom. The summed E-state index contributed by atoms with van der Waals surface area (Å²) in [5, 5.41) is 0. The van der Waals surface area contributed by atoms with Crippen LogP contribution in [-0.2, 0) is 14.3 Å². The van der Waals surface area contributed by atoms with Crippen LogP contribution in [0.4, 0.5) is 4.79 Å². The Hall–Kier alpha value is -1.32. The van der Waals surface area contributed by atoms with Gasteiger partial charge in [0.15, 0.2) is 5.78 Å². The lowest BCUT2D eigenvalue weighted by molar-refractivity contribution is -0.136. The monoisotopic (exact) mass is 374 g/mol. The fraction of sp³-hybridized carbons (Fsp3) is 0.826. The molecule has 0 amide bonds. The molecular formula is C23H34O4. The third kappa shape index (κ3) is 2.86. The first kappa shape index (κ1) is 19.0. The van der Waals surface area contributed by atoms with Crippen molar-refractivity contribution < 1.29 is 19.1 Å². The van der Waals surface area contributed by atoms with Crippen LogP contribution in [0.15, 0.2) is 11.6 Å². The van der Waals surface area contributed by atoms with Gasteiger partial charge in [-0.15, -0.1) is 0 Å². The first-order valence-corrected chi connectivity index (χ1v) is 11.0. The molecule has 0 radical (unpaired) electrons. The van der Waals surface area contributed by atoms with E-state index >= 15 is 0 Å². The number of hydrogen-bond acceptors (Lipinski definition) is 4.